The smallest absolute Gasteiger partial charge is 0.253 e. The molecule has 0 spiro atoms. The molecular formula is C24H25Cl2N5O2S. The van der Waals surface area contributed by atoms with Gasteiger partial charge in [-0.3, -0.25) is 9.59 Å². The number of carbonyl (C=O) groups is 2. The van der Waals surface area contributed by atoms with E-state index in [0.717, 1.165) is 16.8 Å². The Kier molecular flexibility index (Phi) is 8.77. The van der Waals surface area contributed by atoms with E-state index in [2.05, 4.69) is 27.4 Å². The van der Waals surface area contributed by atoms with E-state index in [9.17, 15) is 9.59 Å². The summed E-state index contributed by atoms with van der Waals surface area (Å²) >= 11 is 13.3. The second-order valence-electron chi connectivity index (χ2n) is 7.77. The van der Waals surface area contributed by atoms with Crippen LogP contribution in [0.25, 0.3) is 0 Å². The maximum atomic E-state index is 12.7. The van der Waals surface area contributed by atoms with Gasteiger partial charge in [0.2, 0.25) is 5.91 Å². The molecule has 1 aromatic heterocycles. The highest BCUT2D eigenvalue weighted by Crippen LogP contribution is 2.24. The minimum atomic E-state index is -0.467. The second-order valence-corrected chi connectivity index (χ2v) is 9.56. The largest absolute Gasteiger partial charge is 0.342 e. The van der Waals surface area contributed by atoms with Crippen LogP contribution >= 0.6 is 35.0 Å². The Morgan fingerprint density at radius 3 is 2.50 bits per heavy atom. The first-order chi connectivity index (χ1) is 16.2. The molecule has 10 heteroatoms. The van der Waals surface area contributed by atoms with Crippen LogP contribution in [0.4, 0.5) is 5.69 Å². The van der Waals surface area contributed by atoms with Crippen LogP contribution in [0.1, 0.15) is 40.3 Å². The van der Waals surface area contributed by atoms with Gasteiger partial charge < -0.3 is 15.2 Å². The number of nitrogens with one attached hydrogen (secondary N) is 2. The fraction of sp³-hybridized carbons (Fsp3) is 0.250. The molecule has 0 fully saturated rings. The summed E-state index contributed by atoms with van der Waals surface area (Å²) in [6, 6.07) is 10.1. The van der Waals surface area contributed by atoms with E-state index in [1.54, 1.807) is 25.1 Å². The lowest BCUT2D eigenvalue weighted by Crippen LogP contribution is -2.29. The maximum Gasteiger partial charge on any atom is 0.253 e. The number of anilines is 1. The lowest BCUT2D eigenvalue weighted by Gasteiger charge is -2.16. The van der Waals surface area contributed by atoms with Crippen molar-refractivity contribution in [1.29, 1.82) is 0 Å². The van der Waals surface area contributed by atoms with Crippen LogP contribution in [-0.2, 0) is 11.3 Å². The molecule has 2 amide bonds. The van der Waals surface area contributed by atoms with E-state index >= 15 is 0 Å². The van der Waals surface area contributed by atoms with Crippen molar-refractivity contribution >= 4 is 52.5 Å². The van der Waals surface area contributed by atoms with Crippen molar-refractivity contribution in [2.45, 2.75) is 38.5 Å². The molecule has 3 rings (SSSR count). The monoisotopic (exact) mass is 517 g/mol. The van der Waals surface area contributed by atoms with E-state index in [0.29, 0.717) is 28.1 Å². The van der Waals surface area contributed by atoms with Crippen molar-refractivity contribution in [2.24, 2.45) is 0 Å². The molecule has 0 aliphatic heterocycles. The standard InChI is InChI=1S/C24H25Cl2N5O2S/c1-5-8-31-22(16(4)27-23(33)19-7-6-17(25)12-20(19)26)29-30-24(31)34-13-21(32)28-18-10-14(2)9-15(3)11-18/h5-7,9-12,16H,1,8,13H2,2-4H3,(H,27,33)(H,28,32)/t16-/m1/s1. The third-order valence-corrected chi connectivity index (χ3v) is 6.32. The van der Waals surface area contributed by atoms with E-state index in [4.69, 9.17) is 23.2 Å². The van der Waals surface area contributed by atoms with Gasteiger partial charge in [0.25, 0.3) is 5.91 Å². The molecule has 0 bridgehead atoms. The van der Waals surface area contributed by atoms with Crippen molar-refractivity contribution in [3.63, 3.8) is 0 Å². The highest BCUT2D eigenvalue weighted by atomic mass is 35.5. The quantitative estimate of drug-likeness (QED) is 0.284. The van der Waals surface area contributed by atoms with Crippen molar-refractivity contribution in [3.8, 4) is 0 Å². The normalized spacial score (nSPS) is 11.7. The van der Waals surface area contributed by atoms with Crippen LogP contribution in [0.15, 0.2) is 54.2 Å². The first kappa shape index (κ1) is 25.8. The number of aryl methyl sites for hydroxylation is 2. The molecule has 0 radical (unpaired) electrons. The summed E-state index contributed by atoms with van der Waals surface area (Å²) < 4.78 is 1.82. The van der Waals surface area contributed by atoms with Gasteiger partial charge in [0.05, 0.1) is 22.4 Å². The van der Waals surface area contributed by atoms with Gasteiger partial charge in [-0.1, -0.05) is 47.1 Å². The number of thioether (sulfide) groups is 1. The maximum absolute atomic E-state index is 12.7. The molecule has 0 unspecified atom stereocenters. The third kappa shape index (κ3) is 6.62. The third-order valence-electron chi connectivity index (χ3n) is 4.81. The summed E-state index contributed by atoms with van der Waals surface area (Å²) in [4.78, 5) is 25.2. The Bertz CT molecular complexity index is 1210. The summed E-state index contributed by atoms with van der Waals surface area (Å²) in [6.45, 7) is 9.98. The number of aromatic nitrogens is 3. The van der Waals surface area contributed by atoms with Gasteiger partial charge >= 0.3 is 0 Å². The fourth-order valence-electron chi connectivity index (χ4n) is 3.41. The van der Waals surface area contributed by atoms with Gasteiger partial charge in [0.1, 0.15) is 0 Å². The Hall–Kier alpha value is -2.81. The van der Waals surface area contributed by atoms with Gasteiger partial charge in [-0.25, -0.2) is 0 Å². The Labute approximate surface area is 212 Å². The number of nitrogens with zero attached hydrogens (tertiary/aromatic N) is 3. The summed E-state index contributed by atoms with van der Waals surface area (Å²) in [5, 5.41) is 15.5. The number of amides is 2. The number of allylic oxidation sites excluding steroid dienone is 1. The van der Waals surface area contributed by atoms with Crippen molar-refractivity contribution < 1.29 is 9.59 Å². The van der Waals surface area contributed by atoms with Crippen LogP contribution in [0, 0.1) is 13.8 Å². The van der Waals surface area contributed by atoms with Crippen LogP contribution in [0.5, 0.6) is 0 Å². The summed E-state index contributed by atoms with van der Waals surface area (Å²) in [5.41, 5.74) is 3.22. The number of rotatable bonds is 9. The van der Waals surface area contributed by atoms with Crippen molar-refractivity contribution in [3.05, 3.63) is 81.6 Å². The van der Waals surface area contributed by atoms with Crippen LogP contribution in [0.2, 0.25) is 10.0 Å². The topological polar surface area (TPSA) is 88.9 Å². The number of halogens is 2. The summed E-state index contributed by atoms with van der Waals surface area (Å²) in [7, 11) is 0. The molecule has 2 N–H and O–H groups in total. The zero-order valence-electron chi connectivity index (χ0n) is 19.1. The molecule has 34 heavy (non-hydrogen) atoms. The minimum absolute atomic E-state index is 0.150. The predicted molar refractivity (Wildman–Crippen MR) is 138 cm³/mol. The Morgan fingerprint density at radius 1 is 1.15 bits per heavy atom. The zero-order valence-corrected chi connectivity index (χ0v) is 21.4. The molecule has 0 aliphatic rings. The van der Waals surface area contributed by atoms with Crippen molar-refractivity contribution in [2.75, 3.05) is 11.1 Å². The lowest BCUT2D eigenvalue weighted by molar-refractivity contribution is -0.113. The Morgan fingerprint density at radius 2 is 1.85 bits per heavy atom. The van der Waals surface area contributed by atoms with Crippen LogP contribution in [0.3, 0.4) is 0 Å². The zero-order chi connectivity index (χ0) is 24.8. The predicted octanol–water partition coefficient (Wildman–Crippen LogP) is 5.61. The first-order valence-electron chi connectivity index (χ1n) is 10.5. The van der Waals surface area contributed by atoms with E-state index in [-0.39, 0.29) is 22.6 Å². The number of hydrogen-bond acceptors (Lipinski definition) is 5. The van der Waals surface area contributed by atoms with Gasteiger partial charge in [-0.05, 0) is 62.2 Å². The number of hydrogen-bond donors (Lipinski definition) is 2. The molecule has 0 saturated carbocycles. The van der Waals surface area contributed by atoms with E-state index in [1.165, 1.54) is 17.8 Å². The van der Waals surface area contributed by atoms with E-state index < -0.39 is 6.04 Å². The van der Waals surface area contributed by atoms with Gasteiger partial charge in [-0.2, -0.15) is 0 Å². The van der Waals surface area contributed by atoms with Gasteiger partial charge in [0, 0.05) is 17.3 Å². The molecule has 0 aliphatic carbocycles. The molecule has 3 aromatic rings. The molecule has 1 heterocycles. The summed E-state index contributed by atoms with van der Waals surface area (Å²) in [6.07, 6.45) is 1.71. The van der Waals surface area contributed by atoms with Gasteiger partial charge in [0.15, 0.2) is 11.0 Å². The first-order valence-corrected chi connectivity index (χ1v) is 12.2. The number of benzene rings is 2. The van der Waals surface area contributed by atoms with Gasteiger partial charge in [-0.15, -0.1) is 16.8 Å². The van der Waals surface area contributed by atoms with Crippen LogP contribution < -0.4 is 10.6 Å². The molecular weight excluding hydrogens is 493 g/mol. The van der Waals surface area contributed by atoms with Crippen LogP contribution in [-0.4, -0.2) is 32.3 Å². The van der Waals surface area contributed by atoms with E-state index in [1.807, 2.05) is 36.6 Å². The van der Waals surface area contributed by atoms with Crippen molar-refractivity contribution in [1.82, 2.24) is 20.1 Å². The fourth-order valence-corrected chi connectivity index (χ4v) is 4.66. The second kappa shape index (κ2) is 11.6. The molecule has 2 aromatic carbocycles. The molecule has 178 valence electrons. The summed E-state index contributed by atoms with van der Waals surface area (Å²) in [5.74, 6) is 0.187. The average molecular weight is 518 g/mol. The Balaban J connectivity index is 1.68. The SMILES string of the molecule is C=CCn1c(SCC(=O)Nc2cc(C)cc(C)c2)nnc1[C@@H](C)NC(=O)c1ccc(Cl)cc1Cl. The number of carbonyl (C=O) groups excluding carboxylic acids is 2. The molecule has 7 nitrogen and oxygen atoms in total. The molecule has 1 atom stereocenters. The molecule has 0 saturated heterocycles. The average Bonchev–Trinajstić information content (AvgIpc) is 3.14. The highest BCUT2D eigenvalue weighted by Gasteiger charge is 2.21. The highest BCUT2D eigenvalue weighted by molar-refractivity contribution is 7.99. The lowest BCUT2D eigenvalue weighted by atomic mass is 10.1. The minimum Gasteiger partial charge on any atom is -0.342 e.